The van der Waals surface area contributed by atoms with Crippen molar-refractivity contribution in [3.05, 3.63) is 63.6 Å². The fourth-order valence-electron chi connectivity index (χ4n) is 4.00. The van der Waals surface area contributed by atoms with Gasteiger partial charge in [-0.05, 0) is 74.6 Å². The molecule has 1 fully saturated rings. The number of anilines is 1. The highest BCUT2D eigenvalue weighted by molar-refractivity contribution is 6.42. The number of nitrogens with zero attached hydrogens (tertiary/aromatic N) is 2. The molecule has 9 heteroatoms. The number of ether oxygens (including phenoxy) is 1. The Balaban J connectivity index is 1.81. The van der Waals surface area contributed by atoms with Crippen molar-refractivity contribution in [1.29, 1.82) is 0 Å². The van der Waals surface area contributed by atoms with Gasteiger partial charge in [0, 0.05) is 25.3 Å². The third-order valence-electron chi connectivity index (χ3n) is 6.00. The molecule has 0 saturated heterocycles. The number of ketones is 1. The van der Waals surface area contributed by atoms with E-state index in [9.17, 15) is 19.2 Å². The Labute approximate surface area is 214 Å². The van der Waals surface area contributed by atoms with Crippen LogP contribution in [0.25, 0.3) is 0 Å². The van der Waals surface area contributed by atoms with Crippen LogP contribution < -0.4 is 4.90 Å². The molecule has 0 radical (unpaired) electrons. The first-order valence-corrected chi connectivity index (χ1v) is 12.1. The number of esters is 1. The molecule has 0 bridgehead atoms. The van der Waals surface area contributed by atoms with Gasteiger partial charge < -0.3 is 14.5 Å². The zero-order chi connectivity index (χ0) is 25.8. The highest BCUT2D eigenvalue weighted by Gasteiger charge is 2.35. The summed E-state index contributed by atoms with van der Waals surface area (Å²) in [4.78, 5) is 53.3. The minimum absolute atomic E-state index is 0.0801. The first-order valence-electron chi connectivity index (χ1n) is 11.3. The van der Waals surface area contributed by atoms with Crippen LogP contribution in [-0.4, -0.2) is 48.2 Å². The predicted molar refractivity (Wildman–Crippen MR) is 135 cm³/mol. The second-order valence-electron chi connectivity index (χ2n) is 9.12. The predicted octanol–water partition coefficient (Wildman–Crippen LogP) is 5.06. The summed E-state index contributed by atoms with van der Waals surface area (Å²) in [5.74, 6) is -2.66. The number of benzene rings is 2. The summed E-state index contributed by atoms with van der Waals surface area (Å²) in [5.41, 5.74) is 0.921. The molecule has 1 saturated carbocycles. The van der Waals surface area contributed by atoms with E-state index >= 15 is 0 Å². The van der Waals surface area contributed by atoms with Gasteiger partial charge in [0.15, 0.2) is 0 Å². The zero-order valence-electron chi connectivity index (χ0n) is 20.0. The van der Waals surface area contributed by atoms with E-state index in [2.05, 4.69) is 0 Å². The zero-order valence-corrected chi connectivity index (χ0v) is 21.5. The van der Waals surface area contributed by atoms with Gasteiger partial charge in [0.1, 0.15) is 5.60 Å². The van der Waals surface area contributed by atoms with E-state index in [1.54, 1.807) is 63.5 Å². The summed E-state index contributed by atoms with van der Waals surface area (Å²) in [6, 6.07) is 11.4. The van der Waals surface area contributed by atoms with Crippen LogP contribution in [0.15, 0.2) is 42.5 Å². The van der Waals surface area contributed by atoms with Crippen molar-refractivity contribution in [3.63, 3.8) is 0 Å². The van der Waals surface area contributed by atoms with Crippen molar-refractivity contribution in [1.82, 2.24) is 4.90 Å². The molecule has 2 amide bonds. The maximum absolute atomic E-state index is 13.2. The molecule has 0 unspecified atom stereocenters. The van der Waals surface area contributed by atoms with E-state index in [1.165, 1.54) is 9.80 Å². The first-order chi connectivity index (χ1) is 16.5. The third kappa shape index (κ3) is 6.83. The van der Waals surface area contributed by atoms with Crippen molar-refractivity contribution in [3.8, 4) is 0 Å². The average molecular weight is 519 g/mol. The van der Waals surface area contributed by atoms with Crippen LogP contribution in [0.3, 0.4) is 0 Å². The number of amides is 2. The lowest BCUT2D eigenvalue weighted by molar-refractivity contribution is -0.165. The second-order valence-corrected chi connectivity index (χ2v) is 9.94. The van der Waals surface area contributed by atoms with Gasteiger partial charge in [0.05, 0.1) is 23.0 Å². The number of hydrogen-bond donors (Lipinski definition) is 0. The number of hydrogen-bond acceptors (Lipinski definition) is 5. The van der Waals surface area contributed by atoms with Gasteiger partial charge in [-0.15, -0.1) is 0 Å². The molecule has 1 aliphatic rings. The molecule has 2 aromatic rings. The molecular weight excluding hydrogens is 491 g/mol. The summed E-state index contributed by atoms with van der Waals surface area (Å²) < 4.78 is 5.43. The summed E-state index contributed by atoms with van der Waals surface area (Å²) in [7, 11) is 3.29. The van der Waals surface area contributed by atoms with Crippen molar-refractivity contribution < 1.29 is 23.9 Å². The number of rotatable bonds is 8. The fraction of sp³-hybridized carbons (Fsp3) is 0.385. The fourth-order valence-corrected chi connectivity index (χ4v) is 4.32. The Morgan fingerprint density at radius 3 is 2.14 bits per heavy atom. The lowest BCUT2D eigenvalue weighted by atomic mass is 10.1. The lowest BCUT2D eigenvalue weighted by Crippen LogP contribution is -2.36. The third-order valence-corrected chi connectivity index (χ3v) is 6.74. The standard InChI is InChI=1S/C26H28Cl2N2O5/c1-26(12-4-5-13-26)35-25(34)22(31)15-23(32)30(16-17-6-11-20(27)21(28)14-17)19-9-7-18(8-10-19)24(33)29(2)3/h6-11,14H,4-5,12-13,15-16H2,1-3H3. The van der Waals surface area contributed by atoms with Crippen molar-refractivity contribution in [2.24, 2.45) is 0 Å². The van der Waals surface area contributed by atoms with E-state index in [4.69, 9.17) is 27.9 Å². The summed E-state index contributed by atoms with van der Waals surface area (Å²) >= 11 is 12.1. The van der Waals surface area contributed by atoms with Crippen LogP contribution in [-0.2, 0) is 25.7 Å². The summed E-state index contributed by atoms with van der Waals surface area (Å²) in [6.07, 6.45) is 2.61. The van der Waals surface area contributed by atoms with E-state index < -0.39 is 29.7 Å². The molecule has 0 spiro atoms. The quantitative estimate of drug-likeness (QED) is 0.277. The van der Waals surface area contributed by atoms with Gasteiger partial charge in [-0.2, -0.15) is 0 Å². The second kappa shape index (κ2) is 11.2. The highest BCUT2D eigenvalue weighted by Crippen LogP contribution is 2.33. The molecule has 0 aliphatic heterocycles. The van der Waals surface area contributed by atoms with Gasteiger partial charge in [-0.1, -0.05) is 29.3 Å². The van der Waals surface area contributed by atoms with Gasteiger partial charge in [0.2, 0.25) is 11.7 Å². The Morgan fingerprint density at radius 1 is 0.943 bits per heavy atom. The number of halogens is 2. The van der Waals surface area contributed by atoms with Crippen LogP contribution in [0.1, 0.15) is 54.9 Å². The van der Waals surface area contributed by atoms with Crippen LogP contribution >= 0.6 is 23.2 Å². The average Bonchev–Trinajstić information content (AvgIpc) is 3.24. The lowest BCUT2D eigenvalue weighted by Gasteiger charge is -2.25. The summed E-state index contributed by atoms with van der Waals surface area (Å²) in [5, 5.41) is 0.700. The Kier molecular flexibility index (Phi) is 8.56. The van der Waals surface area contributed by atoms with Gasteiger partial charge in [-0.3, -0.25) is 14.4 Å². The molecule has 2 aromatic carbocycles. The van der Waals surface area contributed by atoms with E-state index in [0.717, 1.165) is 12.8 Å². The molecule has 0 N–H and O–H groups in total. The van der Waals surface area contributed by atoms with Crippen LogP contribution in [0.4, 0.5) is 5.69 Å². The Hall–Kier alpha value is -2.90. The number of carbonyl (C=O) groups is 4. The largest absolute Gasteiger partial charge is 0.454 e. The molecular formula is C26H28Cl2N2O5. The maximum atomic E-state index is 13.2. The van der Waals surface area contributed by atoms with E-state index in [0.29, 0.717) is 39.7 Å². The molecule has 3 rings (SSSR count). The van der Waals surface area contributed by atoms with Crippen molar-refractivity contribution >= 4 is 52.5 Å². The summed E-state index contributed by atoms with van der Waals surface area (Å²) in [6.45, 7) is 1.89. The van der Waals surface area contributed by atoms with Crippen molar-refractivity contribution in [2.45, 2.75) is 51.2 Å². The molecule has 186 valence electrons. The Bertz CT molecular complexity index is 1130. The maximum Gasteiger partial charge on any atom is 0.375 e. The Morgan fingerprint density at radius 2 is 1.57 bits per heavy atom. The molecule has 35 heavy (non-hydrogen) atoms. The SMILES string of the molecule is CN(C)C(=O)c1ccc(N(Cc2ccc(Cl)c(Cl)c2)C(=O)CC(=O)C(=O)OC2(C)CCCC2)cc1. The smallest absolute Gasteiger partial charge is 0.375 e. The van der Waals surface area contributed by atoms with E-state index in [-0.39, 0.29) is 12.5 Å². The number of carbonyl (C=O) groups excluding carboxylic acids is 4. The molecule has 0 heterocycles. The highest BCUT2D eigenvalue weighted by atomic mass is 35.5. The topological polar surface area (TPSA) is 84.0 Å². The number of Topliss-reactive ketones (excluding diaryl/α,β-unsaturated/α-hetero) is 1. The molecule has 0 atom stereocenters. The van der Waals surface area contributed by atoms with Crippen LogP contribution in [0.2, 0.25) is 10.0 Å². The first kappa shape index (κ1) is 26.7. The monoisotopic (exact) mass is 518 g/mol. The van der Waals surface area contributed by atoms with Gasteiger partial charge >= 0.3 is 5.97 Å². The molecule has 1 aliphatic carbocycles. The van der Waals surface area contributed by atoms with Gasteiger partial charge in [-0.25, -0.2) is 4.79 Å². The van der Waals surface area contributed by atoms with Crippen LogP contribution in [0, 0.1) is 0 Å². The van der Waals surface area contributed by atoms with Crippen molar-refractivity contribution in [2.75, 3.05) is 19.0 Å². The minimum Gasteiger partial charge on any atom is -0.454 e. The molecule has 7 nitrogen and oxygen atoms in total. The minimum atomic E-state index is -0.996. The van der Waals surface area contributed by atoms with E-state index in [1.807, 2.05) is 0 Å². The van der Waals surface area contributed by atoms with Crippen LogP contribution in [0.5, 0.6) is 0 Å². The molecule has 0 aromatic heterocycles. The van der Waals surface area contributed by atoms with Gasteiger partial charge in [0.25, 0.3) is 5.91 Å². The normalized spacial score (nSPS) is 14.3.